The summed E-state index contributed by atoms with van der Waals surface area (Å²) in [7, 11) is 0. The van der Waals surface area contributed by atoms with E-state index in [2.05, 4.69) is 17.4 Å². The molecule has 0 saturated heterocycles. The van der Waals surface area contributed by atoms with E-state index >= 15 is 0 Å². The molecule has 4 rings (SSSR count). The van der Waals surface area contributed by atoms with Crippen molar-refractivity contribution in [2.45, 2.75) is 51.6 Å². The molecule has 2 aliphatic carbocycles. The van der Waals surface area contributed by atoms with Crippen molar-refractivity contribution in [1.29, 1.82) is 0 Å². The predicted octanol–water partition coefficient (Wildman–Crippen LogP) is 3.90. The van der Waals surface area contributed by atoms with Crippen LogP contribution in [0.3, 0.4) is 0 Å². The molecular formula is C17H21N3O3. The van der Waals surface area contributed by atoms with Gasteiger partial charge in [-0.3, -0.25) is 5.32 Å². The molecule has 0 radical (unpaired) electrons. The second-order valence-electron chi connectivity index (χ2n) is 6.74. The fourth-order valence-electron chi connectivity index (χ4n) is 2.92. The van der Waals surface area contributed by atoms with Gasteiger partial charge < -0.3 is 13.8 Å². The summed E-state index contributed by atoms with van der Waals surface area (Å²) in [4.78, 5) is 14.3. The van der Waals surface area contributed by atoms with Crippen LogP contribution in [0.4, 0.5) is 10.6 Å². The molecule has 6 heteroatoms. The Hall–Kier alpha value is -2.24. The number of hydrogen-bond acceptors (Lipinski definition) is 4. The highest BCUT2D eigenvalue weighted by molar-refractivity contribution is 5.88. The monoisotopic (exact) mass is 315 g/mol. The largest absolute Gasteiger partial charge is 0.464 e. The maximum absolute atomic E-state index is 12.5. The fraction of sp³-hybridized carbons (Fsp3) is 0.529. The van der Waals surface area contributed by atoms with Gasteiger partial charge in [0.1, 0.15) is 17.3 Å². The van der Waals surface area contributed by atoms with Gasteiger partial charge in [-0.25, -0.2) is 4.79 Å². The number of aromatic nitrogens is 1. The number of hydrogen-bond donors (Lipinski definition) is 1. The highest BCUT2D eigenvalue weighted by Gasteiger charge is 2.37. The first kappa shape index (κ1) is 14.4. The Morgan fingerprint density at radius 1 is 1.43 bits per heavy atom. The third-order valence-electron chi connectivity index (χ3n) is 4.60. The van der Waals surface area contributed by atoms with E-state index in [4.69, 9.17) is 8.94 Å². The summed E-state index contributed by atoms with van der Waals surface area (Å²) in [6.07, 6.45) is 3.28. The van der Waals surface area contributed by atoms with Crippen molar-refractivity contribution in [3.8, 4) is 0 Å². The fourth-order valence-corrected chi connectivity index (χ4v) is 2.92. The van der Waals surface area contributed by atoms with Crippen molar-refractivity contribution in [2.75, 3.05) is 5.32 Å². The molecule has 122 valence electrons. The smallest absolute Gasteiger partial charge is 0.323 e. The zero-order chi connectivity index (χ0) is 16.0. The predicted molar refractivity (Wildman–Crippen MR) is 84.1 cm³/mol. The van der Waals surface area contributed by atoms with Gasteiger partial charge >= 0.3 is 6.03 Å². The Morgan fingerprint density at radius 2 is 2.22 bits per heavy atom. The van der Waals surface area contributed by atoms with E-state index < -0.39 is 0 Å². The van der Waals surface area contributed by atoms with Crippen LogP contribution in [0.1, 0.15) is 49.4 Å². The standard InChI is InChI=1S/C17H21N3O3/c1-10-7-14(10)15-6-5-13(22-15)9-20(12-3-4-12)17(21)18-16-8-11(2)23-19-16/h5-6,8,10,12,14H,3-4,7,9H2,1-2H3,(H,18,19,21). The Labute approximate surface area is 134 Å². The molecule has 0 aromatic carbocycles. The number of rotatable bonds is 5. The van der Waals surface area contributed by atoms with Crippen LogP contribution in [0.15, 0.2) is 27.1 Å². The molecule has 2 saturated carbocycles. The molecule has 2 fully saturated rings. The minimum Gasteiger partial charge on any atom is -0.464 e. The lowest BCUT2D eigenvalue weighted by molar-refractivity contribution is 0.200. The summed E-state index contributed by atoms with van der Waals surface area (Å²) in [6.45, 7) is 4.52. The van der Waals surface area contributed by atoms with E-state index in [0.717, 1.165) is 24.4 Å². The number of urea groups is 1. The molecule has 2 aromatic rings. The van der Waals surface area contributed by atoms with Gasteiger partial charge in [-0.15, -0.1) is 0 Å². The van der Waals surface area contributed by atoms with Gasteiger partial charge in [0.2, 0.25) is 0 Å². The maximum Gasteiger partial charge on any atom is 0.323 e. The van der Waals surface area contributed by atoms with Crippen molar-refractivity contribution < 1.29 is 13.7 Å². The van der Waals surface area contributed by atoms with E-state index in [1.165, 1.54) is 6.42 Å². The van der Waals surface area contributed by atoms with Gasteiger partial charge in [-0.05, 0) is 44.2 Å². The van der Waals surface area contributed by atoms with Gasteiger partial charge in [0.05, 0.1) is 6.54 Å². The Kier molecular flexibility index (Phi) is 3.39. The first-order valence-electron chi connectivity index (χ1n) is 8.19. The molecule has 2 aliphatic rings. The molecule has 0 bridgehead atoms. The topological polar surface area (TPSA) is 71.5 Å². The second-order valence-corrected chi connectivity index (χ2v) is 6.74. The number of furan rings is 1. The second kappa shape index (κ2) is 5.44. The maximum atomic E-state index is 12.5. The average Bonchev–Trinajstić information content (AvgIpc) is 3.40. The molecule has 0 spiro atoms. The molecule has 2 amide bonds. The van der Waals surface area contributed by atoms with Gasteiger partial charge in [0, 0.05) is 18.0 Å². The first-order valence-corrected chi connectivity index (χ1v) is 8.19. The lowest BCUT2D eigenvalue weighted by atomic mass is 10.3. The Balaban J connectivity index is 1.43. The van der Waals surface area contributed by atoms with Crippen molar-refractivity contribution in [3.63, 3.8) is 0 Å². The number of amides is 2. The van der Waals surface area contributed by atoms with E-state index in [0.29, 0.717) is 30.0 Å². The lowest BCUT2D eigenvalue weighted by Gasteiger charge is -2.20. The zero-order valence-electron chi connectivity index (χ0n) is 13.4. The van der Waals surface area contributed by atoms with Crippen LogP contribution in [0, 0.1) is 12.8 Å². The number of carbonyl (C=O) groups is 1. The van der Waals surface area contributed by atoms with Crippen LogP contribution in [0.5, 0.6) is 0 Å². The van der Waals surface area contributed by atoms with Crippen molar-refractivity contribution >= 4 is 11.8 Å². The van der Waals surface area contributed by atoms with Crippen LogP contribution in [0.2, 0.25) is 0 Å². The zero-order valence-corrected chi connectivity index (χ0v) is 13.4. The molecule has 2 atom stereocenters. The minimum absolute atomic E-state index is 0.154. The van der Waals surface area contributed by atoms with Gasteiger partial charge in [-0.2, -0.15) is 0 Å². The van der Waals surface area contributed by atoms with Crippen LogP contribution in [-0.2, 0) is 6.54 Å². The number of aryl methyl sites for hydroxylation is 1. The summed E-state index contributed by atoms with van der Waals surface area (Å²) in [5, 5.41) is 6.61. The Bertz CT molecular complexity index is 716. The molecule has 1 N–H and O–H groups in total. The van der Waals surface area contributed by atoms with Crippen LogP contribution in [-0.4, -0.2) is 22.1 Å². The molecule has 2 aromatic heterocycles. The highest BCUT2D eigenvalue weighted by Crippen LogP contribution is 2.47. The lowest BCUT2D eigenvalue weighted by Crippen LogP contribution is -2.36. The molecule has 23 heavy (non-hydrogen) atoms. The molecule has 0 aliphatic heterocycles. The highest BCUT2D eigenvalue weighted by atomic mass is 16.5. The van der Waals surface area contributed by atoms with E-state index in [-0.39, 0.29) is 12.1 Å². The van der Waals surface area contributed by atoms with E-state index in [1.807, 2.05) is 17.0 Å². The quantitative estimate of drug-likeness (QED) is 0.908. The third-order valence-corrected chi connectivity index (χ3v) is 4.60. The SMILES string of the molecule is Cc1cc(NC(=O)N(Cc2ccc(C3CC3C)o2)C2CC2)no1. The van der Waals surface area contributed by atoms with E-state index in [9.17, 15) is 4.79 Å². The first-order chi connectivity index (χ1) is 11.1. The molecule has 2 unspecified atom stereocenters. The number of nitrogens with one attached hydrogen (secondary N) is 1. The van der Waals surface area contributed by atoms with E-state index in [1.54, 1.807) is 13.0 Å². The van der Waals surface area contributed by atoms with Gasteiger partial charge in [-0.1, -0.05) is 12.1 Å². The summed E-state index contributed by atoms with van der Waals surface area (Å²) in [5.74, 6) is 4.29. The molecule has 2 heterocycles. The average molecular weight is 315 g/mol. The van der Waals surface area contributed by atoms with Crippen LogP contribution in [0.25, 0.3) is 0 Å². The van der Waals surface area contributed by atoms with Crippen LogP contribution < -0.4 is 5.32 Å². The number of carbonyl (C=O) groups excluding carboxylic acids is 1. The minimum atomic E-state index is -0.154. The number of nitrogens with zero attached hydrogens (tertiary/aromatic N) is 2. The third kappa shape index (κ3) is 3.11. The van der Waals surface area contributed by atoms with Gasteiger partial charge in [0.15, 0.2) is 5.82 Å². The van der Waals surface area contributed by atoms with Crippen LogP contribution >= 0.6 is 0 Å². The van der Waals surface area contributed by atoms with Gasteiger partial charge in [0.25, 0.3) is 0 Å². The summed E-state index contributed by atoms with van der Waals surface area (Å²) in [6, 6.07) is 5.88. The number of anilines is 1. The van der Waals surface area contributed by atoms with Crippen molar-refractivity contribution in [3.05, 3.63) is 35.5 Å². The normalized spacial score (nSPS) is 22.9. The molecular weight excluding hydrogens is 294 g/mol. The Morgan fingerprint density at radius 3 is 2.83 bits per heavy atom. The van der Waals surface area contributed by atoms with Crippen molar-refractivity contribution in [1.82, 2.24) is 10.1 Å². The summed E-state index contributed by atoms with van der Waals surface area (Å²) >= 11 is 0. The van der Waals surface area contributed by atoms with Crippen molar-refractivity contribution in [2.24, 2.45) is 5.92 Å². The summed E-state index contributed by atoms with van der Waals surface area (Å²) in [5.41, 5.74) is 0. The summed E-state index contributed by atoms with van der Waals surface area (Å²) < 4.78 is 10.9. The molecule has 6 nitrogen and oxygen atoms in total.